The van der Waals surface area contributed by atoms with Crippen LogP contribution in [0.2, 0.25) is 5.02 Å². The SMILES string of the molecule is CCOc1ccc(N(CC(=O)N(Cc2ccccc2Cl)[C@H](CC)C(=O)N[C@H](C)CC)S(=O)(=O)c2ccc(OC)c(OC)c2)cc1. The number of sulfonamides is 1. The van der Waals surface area contributed by atoms with Gasteiger partial charge in [-0.3, -0.25) is 13.9 Å². The summed E-state index contributed by atoms with van der Waals surface area (Å²) in [6.45, 7) is 7.31. The van der Waals surface area contributed by atoms with Gasteiger partial charge in [0, 0.05) is 23.7 Å². The lowest BCUT2D eigenvalue weighted by atomic mass is 10.1. The maximum atomic E-state index is 14.3. The number of amides is 2. The predicted molar refractivity (Wildman–Crippen MR) is 176 cm³/mol. The van der Waals surface area contributed by atoms with Crippen LogP contribution in [0.15, 0.2) is 71.6 Å². The Kier molecular flexibility index (Phi) is 12.9. The zero-order chi connectivity index (χ0) is 33.1. The molecule has 0 aromatic heterocycles. The molecule has 0 spiro atoms. The Morgan fingerprint density at radius 3 is 2.16 bits per heavy atom. The number of carbonyl (C=O) groups is 2. The van der Waals surface area contributed by atoms with E-state index in [4.69, 9.17) is 25.8 Å². The topological polar surface area (TPSA) is 114 Å². The fraction of sp³-hybridized carbons (Fsp3) is 0.394. The molecule has 1 N–H and O–H groups in total. The van der Waals surface area contributed by atoms with Gasteiger partial charge in [-0.15, -0.1) is 0 Å². The number of benzene rings is 3. The van der Waals surface area contributed by atoms with Crippen molar-refractivity contribution >= 4 is 39.1 Å². The molecule has 12 heteroatoms. The van der Waals surface area contributed by atoms with E-state index in [-0.39, 0.29) is 34.8 Å². The van der Waals surface area contributed by atoms with Crippen molar-refractivity contribution in [2.24, 2.45) is 0 Å². The lowest BCUT2D eigenvalue weighted by molar-refractivity contribution is -0.140. The Morgan fingerprint density at radius 1 is 0.911 bits per heavy atom. The number of ether oxygens (including phenoxy) is 3. The summed E-state index contributed by atoms with van der Waals surface area (Å²) in [7, 11) is -1.48. The fourth-order valence-corrected chi connectivity index (χ4v) is 6.30. The van der Waals surface area contributed by atoms with E-state index in [0.717, 1.165) is 4.31 Å². The average molecular weight is 660 g/mol. The zero-order valence-corrected chi connectivity index (χ0v) is 28.2. The van der Waals surface area contributed by atoms with Gasteiger partial charge in [0.15, 0.2) is 11.5 Å². The van der Waals surface area contributed by atoms with Crippen LogP contribution in [0, 0.1) is 0 Å². The molecule has 0 heterocycles. The highest BCUT2D eigenvalue weighted by molar-refractivity contribution is 7.92. The van der Waals surface area contributed by atoms with Crippen molar-refractivity contribution in [3.05, 3.63) is 77.3 Å². The lowest BCUT2D eigenvalue weighted by Crippen LogP contribution is -2.53. The van der Waals surface area contributed by atoms with Gasteiger partial charge < -0.3 is 24.4 Å². The average Bonchev–Trinajstić information content (AvgIpc) is 3.04. The standard InChI is InChI=1S/C33H42ClN3O7S/c1-7-23(4)35-33(39)29(8-2)36(21-24-12-10-11-13-28(24)34)32(38)22-37(25-14-16-26(17-15-25)44-9-3)45(40,41)27-18-19-30(42-5)31(20-27)43-6/h10-20,23,29H,7-9,21-22H2,1-6H3,(H,35,39)/t23-,29-/m1/s1. The Balaban J connectivity index is 2.12. The Labute approximate surface area is 271 Å². The van der Waals surface area contributed by atoms with Crippen LogP contribution < -0.4 is 23.8 Å². The largest absolute Gasteiger partial charge is 0.494 e. The molecular weight excluding hydrogens is 618 g/mol. The number of hydrogen-bond donors (Lipinski definition) is 1. The third-order valence-electron chi connectivity index (χ3n) is 7.34. The number of carbonyl (C=O) groups excluding carboxylic acids is 2. The molecule has 0 aliphatic heterocycles. The summed E-state index contributed by atoms with van der Waals surface area (Å²) in [5.41, 5.74) is 0.856. The highest BCUT2D eigenvalue weighted by Crippen LogP contribution is 2.33. The van der Waals surface area contributed by atoms with Crippen molar-refractivity contribution in [2.45, 2.75) is 64.1 Å². The molecule has 3 aromatic carbocycles. The first-order valence-electron chi connectivity index (χ1n) is 14.8. The summed E-state index contributed by atoms with van der Waals surface area (Å²) < 4.78 is 45.7. The minimum atomic E-state index is -4.34. The third kappa shape index (κ3) is 8.82. The van der Waals surface area contributed by atoms with E-state index in [1.54, 1.807) is 55.5 Å². The Bertz CT molecular complexity index is 1550. The predicted octanol–water partition coefficient (Wildman–Crippen LogP) is 5.67. The molecule has 45 heavy (non-hydrogen) atoms. The van der Waals surface area contributed by atoms with E-state index < -0.39 is 28.5 Å². The number of halogens is 1. The van der Waals surface area contributed by atoms with Crippen LogP contribution in [0.1, 0.15) is 46.1 Å². The first-order chi connectivity index (χ1) is 21.5. The molecule has 2 atom stereocenters. The van der Waals surface area contributed by atoms with Crippen molar-refractivity contribution in [1.82, 2.24) is 10.2 Å². The molecule has 10 nitrogen and oxygen atoms in total. The molecule has 2 amide bonds. The van der Waals surface area contributed by atoms with E-state index in [0.29, 0.717) is 41.5 Å². The van der Waals surface area contributed by atoms with Crippen LogP contribution in [0.3, 0.4) is 0 Å². The van der Waals surface area contributed by atoms with Crippen molar-refractivity contribution in [3.8, 4) is 17.2 Å². The summed E-state index contributed by atoms with van der Waals surface area (Å²) in [5, 5.41) is 3.39. The van der Waals surface area contributed by atoms with Crippen molar-refractivity contribution in [1.29, 1.82) is 0 Å². The van der Waals surface area contributed by atoms with Gasteiger partial charge in [-0.2, -0.15) is 0 Å². The second-order valence-electron chi connectivity index (χ2n) is 10.3. The van der Waals surface area contributed by atoms with Crippen molar-refractivity contribution in [2.75, 3.05) is 31.7 Å². The highest BCUT2D eigenvalue weighted by atomic mass is 35.5. The smallest absolute Gasteiger partial charge is 0.264 e. The first-order valence-corrected chi connectivity index (χ1v) is 16.6. The molecule has 0 aliphatic carbocycles. The summed E-state index contributed by atoms with van der Waals surface area (Å²) in [4.78, 5) is 29.0. The van der Waals surface area contributed by atoms with Crippen molar-refractivity contribution in [3.63, 3.8) is 0 Å². The number of rotatable bonds is 16. The summed E-state index contributed by atoms with van der Waals surface area (Å²) in [5.74, 6) is 0.194. The number of nitrogens with zero attached hydrogens (tertiary/aromatic N) is 2. The summed E-state index contributed by atoms with van der Waals surface area (Å²) in [6, 6.07) is 16.7. The van der Waals surface area contributed by atoms with Gasteiger partial charge >= 0.3 is 0 Å². The molecule has 0 bridgehead atoms. The van der Waals surface area contributed by atoms with Gasteiger partial charge in [-0.05, 0) is 74.7 Å². The van der Waals surface area contributed by atoms with Crippen LogP contribution >= 0.6 is 11.6 Å². The molecular formula is C33H42ClN3O7S. The van der Waals surface area contributed by atoms with Crippen LogP contribution in [-0.4, -0.2) is 64.6 Å². The first kappa shape index (κ1) is 35.5. The summed E-state index contributed by atoms with van der Waals surface area (Å²) >= 11 is 6.48. The van der Waals surface area contributed by atoms with Crippen LogP contribution in [0.5, 0.6) is 17.2 Å². The van der Waals surface area contributed by atoms with Crippen LogP contribution in [0.4, 0.5) is 5.69 Å². The number of nitrogens with one attached hydrogen (secondary N) is 1. The van der Waals surface area contributed by atoms with Gasteiger partial charge in [0.2, 0.25) is 11.8 Å². The number of anilines is 1. The maximum absolute atomic E-state index is 14.3. The van der Waals surface area contributed by atoms with Crippen LogP contribution in [-0.2, 0) is 26.2 Å². The molecule has 0 saturated heterocycles. The molecule has 244 valence electrons. The minimum absolute atomic E-state index is 0.00152. The number of methoxy groups -OCH3 is 2. The summed E-state index contributed by atoms with van der Waals surface area (Å²) in [6.07, 6.45) is 1.000. The van der Waals surface area contributed by atoms with Gasteiger partial charge in [0.05, 0.1) is 31.4 Å². The Morgan fingerprint density at radius 2 is 1.58 bits per heavy atom. The molecule has 0 unspecified atom stereocenters. The van der Waals surface area contributed by atoms with E-state index in [1.807, 2.05) is 20.8 Å². The maximum Gasteiger partial charge on any atom is 0.264 e. The molecule has 0 fully saturated rings. The van der Waals surface area contributed by atoms with E-state index in [2.05, 4.69) is 5.32 Å². The van der Waals surface area contributed by atoms with E-state index >= 15 is 0 Å². The zero-order valence-electron chi connectivity index (χ0n) is 26.6. The van der Waals surface area contributed by atoms with Gasteiger partial charge in [0.1, 0.15) is 18.3 Å². The Hall–Kier alpha value is -3.96. The highest BCUT2D eigenvalue weighted by Gasteiger charge is 2.34. The normalized spacial score (nSPS) is 12.5. The van der Waals surface area contributed by atoms with Gasteiger partial charge in [0.25, 0.3) is 10.0 Å². The van der Waals surface area contributed by atoms with Gasteiger partial charge in [-0.1, -0.05) is 43.6 Å². The second-order valence-corrected chi connectivity index (χ2v) is 12.6. The van der Waals surface area contributed by atoms with Crippen molar-refractivity contribution < 1.29 is 32.2 Å². The molecule has 0 radical (unpaired) electrons. The molecule has 0 saturated carbocycles. The van der Waals surface area contributed by atoms with Crippen LogP contribution in [0.25, 0.3) is 0 Å². The van der Waals surface area contributed by atoms with Gasteiger partial charge in [-0.25, -0.2) is 8.42 Å². The fourth-order valence-electron chi connectivity index (χ4n) is 4.68. The molecule has 0 aliphatic rings. The second kappa shape index (κ2) is 16.4. The lowest BCUT2D eigenvalue weighted by Gasteiger charge is -2.34. The monoisotopic (exact) mass is 659 g/mol. The van der Waals surface area contributed by atoms with E-state index in [9.17, 15) is 18.0 Å². The molecule has 3 rings (SSSR count). The number of hydrogen-bond acceptors (Lipinski definition) is 7. The molecule has 3 aromatic rings. The minimum Gasteiger partial charge on any atom is -0.494 e. The van der Waals surface area contributed by atoms with E-state index in [1.165, 1.54) is 37.3 Å². The quantitative estimate of drug-likeness (QED) is 0.211. The third-order valence-corrected chi connectivity index (χ3v) is 9.48.